The van der Waals surface area contributed by atoms with Crippen molar-refractivity contribution in [2.45, 2.75) is 20.8 Å². The van der Waals surface area contributed by atoms with Gasteiger partial charge in [-0.05, 0) is 69.4 Å². The number of hydrazone groups is 1. The van der Waals surface area contributed by atoms with Crippen LogP contribution >= 0.6 is 12.2 Å². The first-order valence-corrected chi connectivity index (χ1v) is 9.51. The van der Waals surface area contributed by atoms with E-state index in [2.05, 4.69) is 15.8 Å². The van der Waals surface area contributed by atoms with Crippen molar-refractivity contribution in [3.05, 3.63) is 54.3 Å². The van der Waals surface area contributed by atoms with Crippen LogP contribution in [0.2, 0.25) is 0 Å². The fourth-order valence-corrected chi connectivity index (χ4v) is 2.80. The molecule has 0 saturated heterocycles. The molecule has 1 heterocycles. The highest BCUT2D eigenvalue weighted by Gasteiger charge is 2.11. The van der Waals surface area contributed by atoms with Gasteiger partial charge >= 0.3 is 0 Å². The normalized spacial score (nSPS) is 11.3. The van der Waals surface area contributed by atoms with Crippen LogP contribution in [-0.2, 0) is 0 Å². The van der Waals surface area contributed by atoms with Crippen LogP contribution in [-0.4, -0.2) is 24.0 Å². The summed E-state index contributed by atoms with van der Waals surface area (Å²) < 4.78 is 17.0. The number of hydrogen-bond donors (Lipinski definition) is 2. The second kappa shape index (κ2) is 9.23. The van der Waals surface area contributed by atoms with Gasteiger partial charge in [0.05, 0.1) is 13.2 Å². The van der Waals surface area contributed by atoms with Crippen molar-refractivity contribution in [3.63, 3.8) is 0 Å². The molecule has 0 spiro atoms. The van der Waals surface area contributed by atoms with Crippen molar-refractivity contribution in [2.75, 3.05) is 18.5 Å². The van der Waals surface area contributed by atoms with Gasteiger partial charge in [0.25, 0.3) is 0 Å². The van der Waals surface area contributed by atoms with Crippen LogP contribution < -0.4 is 20.2 Å². The monoisotopic (exact) mass is 397 g/mol. The second-order valence-corrected chi connectivity index (χ2v) is 6.35. The minimum absolute atomic E-state index is 0.384. The third-order valence-electron chi connectivity index (χ3n) is 3.91. The molecule has 7 heteroatoms. The van der Waals surface area contributed by atoms with Gasteiger partial charge in [-0.15, -0.1) is 0 Å². The Balaban J connectivity index is 1.65. The molecule has 3 rings (SSSR count). The quantitative estimate of drug-likeness (QED) is 0.334. The average molecular weight is 398 g/mol. The van der Waals surface area contributed by atoms with E-state index in [1.165, 1.54) is 0 Å². The Kier molecular flexibility index (Phi) is 6.49. The van der Waals surface area contributed by atoms with Gasteiger partial charge in [0.15, 0.2) is 22.2 Å². The van der Waals surface area contributed by atoms with Crippen molar-refractivity contribution in [1.82, 2.24) is 5.43 Å². The van der Waals surface area contributed by atoms with Crippen LogP contribution in [0.5, 0.6) is 11.5 Å². The number of nitrogens with zero attached hydrogens (tertiary/aromatic N) is 1. The maximum absolute atomic E-state index is 5.93. The number of furan rings is 1. The molecule has 0 saturated carbocycles. The van der Waals surface area contributed by atoms with E-state index in [-0.39, 0.29) is 0 Å². The zero-order chi connectivity index (χ0) is 19.9. The summed E-state index contributed by atoms with van der Waals surface area (Å²) in [4.78, 5) is 0. The highest BCUT2D eigenvalue weighted by Crippen LogP contribution is 2.29. The minimum Gasteiger partial charge on any atom is -0.494 e. The molecule has 0 fully saturated rings. The molecule has 0 aliphatic heterocycles. The van der Waals surface area contributed by atoms with E-state index < -0.39 is 0 Å². The summed E-state index contributed by atoms with van der Waals surface area (Å²) in [6, 6.07) is 15.3. The van der Waals surface area contributed by atoms with E-state index in [0.717, 1.165) is 22.6 Å². The van der Waals surface area contributed by atoms with Crippen LogP contribution in [0.3, 0.4) is 0 Å². The number of anilines is 1. The van der Waals surface area contributed by atoms with Crippen LogP contribution in [0.25, 0.3) is 11.0 Å². The predicted molar refractivity (Wildman–Crippen MR) is 117 cm³/mol. The van der Waals surface area contributed by atoms with Crippen molar-refractivity contribution in [1.29, 1.82) is 0 Å². The molecule has 0 amide bonds. The Labute approximate surface area is 169 Å². The Morgan fingerprint density at radius 2 is 1.82 bits per heavy atom. The second-order valence-electron chi connectivity index (χ2n) is 5.94. The largest absolute Gasteiger partial charge is 0.494 e. The smallest absolute Gasteiger partial charge is 0.191 e. The van der Waals surface area contributed by atoms with Gasteiger partial charge in [-0.1, -0.05) is 12.1 Å². The fourth-order valence-electron chi connectivity index (χ4n) is 2.63. The van der Waals surface area contributed by atoms with Gasteiger partial charge in [-0.2, -0.15) is 5.10 Å². The summed E-state index contributed by atoms with van der Waals surface area (Å²) in [7, 11) is 0. The molecule has 2 N–H and O–H groups in total. The van der Waals surface area contributed by atoms with Crippen LogP contribution in [0, 0.1) is 0 Å². The van der Waals surface area contributed by atoms with Gasteiger partial charge in [-0.25, -0.2) is 0 Å². The SMILES string of the molecule is CCOc1ccc(NC(=S)NN=C(C)c2cc3cccc(OCC)c3o2)cc1. The molecule has 0 aliphatic carbocycles. The summed E-state index contributed by atoms with van der Waals surface area (Å²) >= 11 is 5.30. The first kappa shape index (κ1) is 19.7. The molecule has 3 aromatic rings. The van der Waals surface area contributed by atoms with Gasteiger partial charge < -0.3 is 19.2 Å². The number of para-hydroxylation sites is 1. The summed E-state index contributed by atoms with van der Waals surface area (Å²) in [5.41, 5.74) is 5.07. The van der Waals surface area contributed by atoms with Crippen molar-refractivity contribution < 1.29 is 13.9 Å². The van der Waals surface area contributed by atoms with Crippen molar-refractivity contribution in [3.8, 4) is 11.5 Å². The lowest BCUT2D eigenvalue weighted by Crippen LogP contribution is -2.24. The molecular weight excluding hydrogens is 374 g/mol. The lowest BCUT2D eigenvalue weighted by atomic mass is 10.2. The van der Waals surface area contributed by atoms with E-state index in [0.29, 0.717) is 35.4 Å². The van der Waals surface area contributed by atoms with Gasteiger partial charge in [-0.3, -0.25) is 5.43 Å². The summed E-state index contributed by atoms with van der Waals surface area (Å²) in [6.45, 7) is 6.96. The maximum atomic E-state index is 5.93. The highest BCUT2D eigenvalue weighted by atomic mass is 32.1. The number of fused-ring (bicyclic) bond motifs is 1. The van der Waals surface area contributed by atoms with E-state index in [1.54, 1.807) is 0 Å². The number of hydrogen-bond acceptors (Lipinski definition) is 5. The van der Waals surface area contributed by atoms with Gasteiger partial charge in [0, 0.05) is 11.1 Å². The average Bonchev–Trinajstić information content (AvgIpc) is 3.14. The molecule has 0 atom stereocenters. The standard InChI is InChI=1S/C21H23N3O3S/c1-4-25-17-11-9-16(10-12-17)22-21(28)24-23-14(3)19-13-15-7-6-8-18(26-5-2)20(15)27-19/h6-13H,4-5H2,1-3H3,(H2,22,24,28). The van der Waals surface area contributed by atoms with Crippen molar-refractivity contribution >= 4 is 39.7 Å². The lowest BCUT2D eigenvalue weighted by molar-refractivity contribution is 0.338. The molecule has 146 valence electrons. The molecule has 0 bridgehead atoms. The van der Waals surface area contributed by atoms with E-state index in [1.807, 2.05) is 69.3 Å². The number of rotatable bonds is 7. The Morgan fingerprint density at radius 1 is 1.07 bits per heavy atom. The Bertz CT molecular complexity index is 980. The first-order chi connectivity index (χ1) is 13.6. The van der Waals surface area contributed by atoms with E-state index >= 15 is 0 Å². The van der Waals surface area contributed by atoms with Gasteiger partial charge in [0.1, 0.15) is 11.5 Å². The zero-order valence-electron chi connectivity index (χ0n) is 16.1. The molecule has 6 nitrogen and oxygen atoms in total. The summed E-state index contributed by atoms with van der Waals surface area (Å²) in [5.74, 6) is 2.19. The minimum atomic E-state index is 0.384. The number of benzene rings is 2. The van der Waals surface area contributed by atoms with Crippen LogP contribution in [0.15, 0.2) is 58.0 Å². The Morgan fingerprint density at radius 3 is 2.54 bits per heavy atom. The molecule has 1 aromatic heterocycles. The number of ether oxygens (including phenoxy) is 2. The molecule has 0 aliphatic rings. The fraction of sp³-hybridized carbons (Fsp3) is 0.238. The molecule has 0 unspecified atom stereocenters. The number of thiocarbonyl (C=S) groups is 1. The Hall–Kier alpha value is -3.06. The topological polar surface area (TPSA) is 68.0 Å². The van der Waals surface area contributed by atoms with E-state index in [4.69, 9.17) is 26.1 Å². The first-order valence-electron chi connectivity index (χ1n) is 9.10. The third kappa shape index (κ3) is 4.80. The number of nitrogens with one attached hydrogen (secondary N) is 2. The van der Waals surface area contributed by atoms with Gasteiger partial charge in [0.2, 0.25) is 0 Å². The third-order valence-corrected chi connectivity index (χ3v) is 4.11. The van der Waals surface area contributed by atoms with Crippen LogP contribution in [0.4, 0.5) is 5.69 Å². The maximum Gasteiger partial charge on any atom is 0.191 e. The zero-order valence-corrected chi connectivity index (χ0v) is 16.9. The van der Waals surface area contributed by atoms with E-state index in [9.17, 15) is 0 Å². The van der Waals surface area contributed by atoms with Crippen LogP contribution in [0.1, 0.15) is 26.5 Å². The lowest BCUT2D eigenvalue weighted by Gasteiger charge is -2.08. The highest BCUT2D eigenvalue weighted by molar-refractivity contribution is 7.80. The summed E-state index contributed by atoms with van der Waals surface area (Å²) in [5, 5.41) is 8.74. The molecular formula is C21H23N3O3S. The summed E-state index contributed by atoms with van der Waals surface area (Å²) in [6.07, 6.45) is 0. The predicted octanol–water partition coefficient (Wildman–Crippen LogP) is 4.94. The molecule has 28 heavy (non-hydrogen) atoms. The van der Waals surface area contributed by atoms with Crippen molar-refractivity contribution in [2.24, 2.45) is 5.10 Å². The molecule has 0 radical (unpaired) electrons. The molecule has 2 aromatic carbocycles.